The fraction of sp³-hybridized carbons (Fsp3) is 0.294. The van der Waals surface area contributed by atoms with E-state index in [2.05, 4.69) is 29.9 Å². The van der Waals surface area contributed by atoms with E-state index in [1.807, 2.05) is 13.0 Å². The summed E-state index contributed by atoms with van der Waals surface area (Å²) in [5, 5.41) is 4.42. The molecule has 0 amide bonds. The minimum atomic E-state index is -0.863. The van der Waals surface area contributed by atoms with Gasteiger partial charge in [0.15, 0.2) is 0 Å². The number of benzene rings is 1. The second-order valence-corrected chi connectivity index (χ2v) is 6.23. The molecule has 3 nitrogen and oxygen atoms in total. The molecule has 0 N–H and O–H groups in total. The zero-order chi connectivity index (χ0) is 16.1. The van der Waals surface area contributed by atoms with Crippen LogP contribution in [0.2, 0.25) is 0 Å². The monoisotopic (exact) mass is 299 g/mol. The predicted octanol–water partition coefficient (Wildman–Crippen LogP) is 4.61. The maximum atomic E-state index is 13.9. The number of allylic oxidation sites excluding steroid dienone is 1. The standard InChI is InChI=1S/C17H15F2N3/c1-10-12-5-6-17(2,3)9-15(12)22(21-10)11-7-13(18)16(20-4)14(19)8-11/h5-8H,9H2,1-3H3. The molecule has 1 aliphatic rings. The van der Waals surface area contributed by atoms with E-state index in [0.29, 0.717) is 5.69 Å². The van der Waals surface area contributed by atoms with Crippen molar-refractivity contribution in [2.45, 2.75) is 27.2 Å². The Morgan fingerprint density at radius 2 is 1.91 bits per heavy atom. The van der Waals surface area contributed by atoms with Gasteiger partial charge >= 0.3 is 0 Å². The Hall–Kier alpha value is -2.48. The van der Waals surface area contributed by atoms with Gasteiger partial charge in [-0.05, 0) is 30.9 Å². The molecule has 0 radical (unpaired) electrons. The quantitative estimate of drug-likeness (QED) is 0.705. The van der Waals surface area contributed by atoms with E-state index in [4.69, 9.17) is 6.57 Å². The summed E-state index contributed by atoms with van der Waals surface area (Å²) in [4.78, 5) is 2.88. The summed E-state index contributed by atoms with van der Waals surface area (Å²) in [6, 6.07) is 2.32. The Morgan fingerprint density at radius 3 is 2.50 bits per heavy atom. The lowest BCUT2D eigenvalue weighted by molar-refractivity contribution is 0.461. The summed E-state index contributed by atoms with van der Waals surface area (Å²) < 4.78 is 29.3. The minimum absolute atomic E-state index is 0.0369. The fourth-order valence-electron chi connectivity index (χ4n) is 2.77. The lowest BCUT2D eigenvalue weighted by atomic mass is 9.82. The summed E-state index contributed by atoms with van der Waals surface area (Å²) in [5.41, 5.74) is 2.43. The Balaban J connectivity index is 2.20. The van der Waals surface area contributed by atoms with Crippen molar-refractivity contribution < 1.29 is 8.78 Å². The van der Waals surface area contributed by atoms with E-state index in [1.54, 1.807) is 4.68 Å². The van der Waals surface area contributed by atoms with Crippen molar-refractivity contribution in [1.82, 2.24) is 9.78 Å². The number of aromatic nitrogens is 2. The molecular weight excluding hydrogens is 284 g/mol. The molecule has 0 fully saturated rings. The maximum absolute atomic E-state index is 13.9. The van der Waals surface area contributed by atoms with Crippen LogP contribution in [0.25, 0.3) is 16.6 Å². The normalized spacial score (nSPS) is 15.5. The van der Waals surface area contributed by atoms with Gasteiger partial charge in [0.25, 0.3) is 5.69 Å². The van der Waals surface area contributed by atoms with Crippen LogP contribution in [0.15, 0.2) is 18.2 Å². The molecule has 0 spiro atoms. The third-order valence-corrected chi connectivity index (χ3v) is 3.89. The lowest BCUT2D eigenvalue weighted by Gasteiger charge is -2.25. The van der Waals surface area contributed by atoms with Crippen LogP contribution in [0.4, 0.5) is 14.5 Å². The molecule has 0 unspecified atom stereocenters. The molecule has 0 atom stereocenters. The molecular formula is C17H15F2N3. The number of fused-ring (bicyclic) bond motifs is 1. The van der Waals surface area contributed by atoms with Crippen molar-refractivity contribution in [2.75, 3.05) is 0 Å². The molecule has 22 heavy (non-hydrogen) atoms. The van der Waals surface area contributed by atoms with E-state index < -0.39 is 17.3 Å². The third kappa shape index (κ3) is 2.21. The van der Waals surface area contributed by atoms with E-state index >= 15 is 0 Å². The van der Waals surface area contributed by atoms with Gasteiger partial charge in [-0.2, -0.15) is 5.10 Å². The maximum Gasteiger partial charge on any atom is 0.256 e. The number of halogens is 2. The van der Waals surface area contributed by atoms with Gasteiger partial charge in [0.1, 0.15) is 11.6 Å². The van der Waals surface area contributed by atoms with E-state index in [0.717, 1.165) is 35.5 Å². The number of rotatable bonds is 1. The molecule has 1 aliphatic carbocycles. The predicted molar refractivity (Wildman–Crippen MR) is 81.0 cm³/mol. The second-order valence-electron chi connectivity index (χ2n) is 6.23. The largest absolute Gasteiger partial charge is 0.256 e. The average Bonchev–Trinajstić information content (AvgIpc) is 2.73. The summed E-state index contributed by atoms with van der Waals surface area (Å²) in [5.74, 6) is -1.73. The first kappa shape index (κ1) is 14.5. The van der Waals surface area contributed by atoms with Gasteiger partial charge in [0.2, 0.25) is 0 Å². The number of hydrogen-bond acceptors (Lipinski definition) is 1. The van der Waals surface area contributed by atoms with Gasteiger partial charge in [0.05, 0.1) is 23.6 Å². The SMILES string of the molecule is [C-]#[N+]c1c(F)cc(-n2nc(C)c3c2CC(C)(C)C=C3)cc1F. The molecule has 1 heterocycles. The first-order valence-corrected chi connectivity index (χ1v) is 6.97. The van der Waals surface area contributed by atoms with Crippen LogP contribution in [0.3, 0.4) is 0 Å². The van der Waals surface area contributed by atoms with Gasteiger partial charge in [0, 0.05) is 5.56 Å². The Morgan fingerprint density at radius 1 is 1.27 bits per heavy atom. The van der Waals surface area contributed by atoms with Crippen molar-refractivity contribution in [3.8, 4) is 5.69 Å². The molecule has 112 valence electrons. The van der Waals surface area contributed by atoms with Gasteiger partial charge in [-0.1, -0.05) is 26.0 Å². The zero-order valence-corrected chi connectivity index (χ0v) is 12.6. The summed E-state index contributed by atoms with van der Waals surface area (Å²) in [6.45, 7) is 12.9. The zero-order valence-electron chi connectivity index (χ0n) is 12.6. The van der Waals surface area contributed by atoms with Crippen LogP contribution >= 0.6 is 0 Å². The van der Waals surface area contributed by atoms with Crippen molar-refractivity contribution in [3.05, 3.63) is 58.2 Å². The summed E-state index contributed by atoms with van der Waals surface area (Å²) >= 11 is 0. The highest BCUT2D eigenvalue weighted by molar-refractivity contribution is 5.61. The highest BCUT2D eigenvalue weighted by Gasteiger charge is 2.27. The first-order chi connectivity index (χ1) is 10.3. The van der Waals surface area contributed by atoms with Crippen LogP contribution in [0, 0.1) is 30.5 Å². The van der Waals surface area contributed by atoms with Crippen LogP contribution in [0.1, 0.15) is 30.8 Å². The lowest BCUT2D eigenvalue weighted by Crippen LogP contribution is -2.18. The summed E-state index contributed by atoms with van der Waals surface area (Å²) in [7, 11) is 0. The molecule has 1 aromatic heterocycles. The van der Waals surface area contributed by atoms with Gasteiger partial charge in [-0.25, -0.2) is 18.3 Å². The van der Waals surface area contributed by atoms with Crippen LogP contribution in [-0.2, 0) is 6.42 Å². The highest BCUT2D eigenvalue weighted by atomic mass is 19.1. The van der Waals surface area contributed by atoms with Crippen LogP contribution < -0.4 is 0 Å². The van der Waals surface area contributed by atoms with Crippen molar-refractivity contribution in [2.24, 2.45) is 5.41 Å². The smallest absolute Gasteiger partial charge is 0.237 e. The van der Waals surface area contributed by atoms with E-state index in [9.17, 15) is 8.78 Å². The topological polar surface area (TPSA) is 22.2 Å². The van der Waals surface area contributed by atoms with Crippen LogP contribution in [0.5, 0.6) is 0 Å². The molecule has 2 aromatic rings. The number of aryl methyl sites for hydroxylation is 1. The molecule has 0 saturated heterocycles. The molecule has 3 rings (SSSR count). The van der Waals surface area contributed by atoms with E-state index in [-0.39, 0.29) is 5.41 Å². The van der Waals surface area contributed by atoms with Gasteiger partial charge in [-0.3, -0.25) is 0 Å². The Labute approximate surface area is 127 Å². The second kappa shape index (κ2) is 4.77. The molecule has 0 bridgehead atoms. The highest BCUT2D eigenvalue weighted by Crippen LogP contribution is 2.35. The van der Waals surface area contributed by atoms with Crippen molar-refractivity contribution in [1.29, 1.82) is 0 Å². The molecule has 1 aromatic carbocycles. The number of nitrogens with zero attached hydrogens (tertiary/aromatic N) is 3. The molecule has 0 saturated carbocycles. The summed E-state index contributed by atoms with van der Waals surface area (Å²) in [6.07, 6.45) is 4.86. The van der Waals surface area contributed by atoms with E-state index in [1.165, 1.54) is 0 Å². The number of hydrogen-bond donors (Lipinski definition) is 0. The molecule has 0 aliphatic heterocycles. The fourth-order valence-corrected chi connectivity index (χ4v) is 2.77. The third-order valence-electron chi connectivity index (χ3n) is 3.89. The van der Waals surface area contributed by atoms with Crippen molar-refractivity contribution >= 4 is 11.8 Å². The van der Waals surface area contributed by atoms with Crippen molar-refractivity contribution in [3.63, 3.8) is 0 Å². The van der Waals surface area contributed by atoms with Gasteiger partial charge < -0.3 is 0 Å². The van der Waals surface area contributed by atoms with Crippen LogP contribution in [-0.4, -0.2) is 9.78 Å². The Bertz CT molecular complexity index is 815. The van der Waals surface area contributed by atoms with Gasteiger partial charge in [-0.15, -0.1) is 0 Å². The minimum Gasteiger partial charge on any atom is -0.237 e. The average molecular weight is 299 g/mol. The Kier molecular flexibility index (Phi) is 3.13. The molecule has 5 heteroatoms. The first-order valence-electron chi connectivity index (χ1n) is 6.97.